The number of benzene rings is 1. The van der Waals surface area contributed by atoms with Crippen molar-refractivity contribution in [3.05, 3.63) is 49.4 Å². The second kappa shape index (κ2) is 6.01. The van der Waals surface area contributed by atoms with Crippen molar-refractivity contribution in [1.82, 2.24) is 4.90 Å². The minimum atomic E-state index is -1.11. The molecule has 16 heavy (non-hydrogen) atoms. The van der Waals surface area contributed by atoms with Crippen LogP contribution in [-0.2, 0) is 44.0 Å². The molecule has 2 rings (SSSR count). The van der Waals surface area contributed by atoms with E-state index in [-0.39, 0.29) is 46.0 Å². The maximum absolute atomic E-state index is 11.6. The Labute approximate surface area is 120 Å². The largest absolute Gasteiger partial charge is 0.502 e. The van der Waals surface area contributed by atoms with Crippen LogP contribution in [0.25, 0.3) is 0 Å². The summed E-state index contributed by atoms with van der Waals surface area (Å²) in [5.41, 5.74) is 1.46. The smallest absolute Gasteiger partial charge is 0.228 e. The molecule has 0 fully saturated rings. The molecule has 0 aromatic heterocycles. The summed E-state index contributed by atoms with van der Waals surface area (Å²) in [4.78, 5) is 23.2. The van der Waals surface area contributed by atoms with Gasteiger partial charge < -0.3 is 17.4 Å². The monoisotopic (exact) mass is 294 g/mol. The van der Waals surface area contributed by atoms with Crippen molar-refractivity contribution in [3.8, 4) is 0 Å². The number of carboxylic acids is 1. The van der Waals surface area contributed by atoms with Crippen LogP contribution in [0.3, 0.4) is 0 Å². The molecule has 0 unspecified atom stereocenters. The average molecular weight is 294 g/mol. The van der Waals surface area contributed by atoms with E-state index < -0.39 is 5.97 Å². The van der Waals surface area contributed by atoms with Crippen molar-refractivity contribution in [2.24, 2.45) is 0 Å². The van der Waals surface area contributed by atoms with Gasteiger partial charge in [0.15, 0.2) is 5.97 Å². The van der Waals surface area contributed by atoms with Crippen molar-refractivity contribution in [2.75, 3.05) is 0 Å². The van der Waals surface area contributed by atoms with Crippen LogP contribution in [-0.4, -0.2) is 21.9 Å². The number of nitrogens with zero attached hydrogens (tertiary/aromatic N) is 1. The van der Waals surface area contributed by atoms with E-state index in [1.54, 1.807) is 12.1 Å². The normalized spacial score (nSPS) is 12.2. The number of amides is 1. The molecule has 5 heteroatoms. The topological polar surface area (TPSA) is 57.6 Å². The van der Waals surface area contributed by atoms with Gasteiger partial charge in [0, 0.05) is 44.8 Å². The van der Waals surface area contributed by atoms with E-state index in [0.717, 1.165) is 12.1 Å². The van der Waals surface area contributed by atoms with Gasteiger partial charge in [-0.25, -0.2) is 0 Å². The first-order chi connectivity index (χ1) is 6.68. The van der Waals surface area contributed by atoms with Gasteiger partial charge in [0.05, 0.1) is 0 Å². The fraction of sp³-hybridized carbons (Fsp3) is 0.0909. The number of fused-ring (bicyclic) bond motifs is 1. The maximum Gasteiger partial charge on any atom is 0.228 e. The zero-order valence-electron chi connectivity index (χ0n) is 8.88. The molecular weight excluding hydrogens is 283 g/mol. The molecule has 1 amide bonds. The summed E-state index contributed by atoms with van der Waals surface area (Å²) in [6.45, 7) is 1.25. The summed E-state index contributed by atoms with van der Waals surface area (Å²) >= 11 is 0. The van der Waals surface area contributed by atoms with Crippen LogP contribution in [0.5, 0.6) is 0 Å². The van der Waals surface area contributed by atoms with Crippen molar-refractivity contribution < 1.29 is 47.4 Å². The third-order valence-electron chi connectivity index (χ3n) is 2.12. The first-order valence-electron chi connectivity index (χ1n) is 4.15. The average Bonchev–Trinajstić information content (AvgIpc) is 2.44. The van der Waals surface area contributed by atoms with Gasteiger partial charge >= 0.3 is 0 Å². The zero-order valence-corrected chi connectivity index (χ0v) is 11.7. The van der Waals surface area contributed by atoms with E-state index in [1.807, 2.05) is 12.1 Å². The summed E-state index contributed by atoms with van der Waals surface area (Å²) < 4.78 is 0. The van der Waals surface area contributed by atoms with E-state index >= 15 is 0 Å². The predicted molar refractivity (Wildman–Crippen MR) is 54.7 cm³/mol. The number of rotatable bonds is 2. The number of hydrogen-bond donors (Lipinski definition) is 1. The van der Waals surface area contributed by atoms with Crippen molar-refractivity contribution in [1.29, 1.82) is 0 Å². The van der Waals surface area contributed by atoms with Crippen LogP contribution >= 0.6 is 0 Å². The van der Waals surface area contributed by atoms with Gasteiger partial charge in [0.1, 0.15) is 0 Å². The van der Waals surface area contributed by atoms with E-state index in [1.165, 1.54) is 4.90 Å². The molecule has 0 saturated carbocycles. The first kappa shape index (κ1) is 15.1. The van der Waals surface area contributed by atoms with E-state index in [9.17, 15) is 9.59 Å². The summed E-state index contributed by atoms with van der Waals surface area (Å²) in [7, 11) is 0. The van der Waals surface area contributed by atoms with Gasteiger partial charge in [0.2, 0.25) is 5.91 Å². The van der Waals surface area contributed by atoms with E-state index in [0.29, 0.717) is 12.1 Å². The van der Waals surface area contributed by atoms with Gasteiger partial charge in [-0.2, -0.15) is 6.54 Å². The molecule has 83 valence electrons. The van der Waals surface area contributed by atoms with E-state index in [4.69, 9.17) is 5.11 Å². The SMILES string of the molecule is O=C(O)[CH-]N1Cc2ccccc2C1=O.[CH3-].[Y]. The van der Waals surface area contributed by atoms with Crippen molar-refractivity contribution in [3.63, 3.8) is 0 Å². The molecule has 1 N–H and O–H groups in total. The van der Waals surface area contributed by atoms with Crippen LogP contribution in [0.4, 0.5) is 0 Å². The number of hydrogen-bond acceptors (Lipinski definition) is 2. The summed E-state index contributed by atoms with van der Waals surface area (Å²) in [5, 5.41) is 8.52. The van der Waals surface area contributed by atoms with Crippen molar-refractivity contribution in [2.45, 2.75) is 6.54 Å². The van der Waals surface area contributed by atoms with Gasteiger partial charge in [-0.3, -0.25) is 9.59 Å². The molecule has 1 aromatic rings. The molecule has 0 atom stereocenters. The Kier molecular flexibility index (Phi) is 5.69. The van der Waals surface area contributed by atoms with Gasteiger partial charge in [0.25, 0.3) is 0 Å². The molecule has 1 aliphatic heterocycles. The fourth-order valence-corrected chi connectivity index (χ4v) is 1.51. The molecule has 1 heterocycles. The number of carbonyl (C=O) groups excluding carboxylic acids is 1. The first-order valence-corrected chi connectivity index (χ1v) is 4.15. The third-order valence-corrected chi connectivity index (χ3v) is 2.12. The predicted octanol–water partition coefficient (Wildman–Crippen LogP) is 1.34. The summed E-state index contributed by atoms with van der Waals surface area (Å²) in [6.07, 6.45) is 0. The Morgan fingerprint density at radius 2 is 2.00 bits per heavy atom. The van der Waals surface area contributed by atoms with E-state index in [2.05, 4.69) is 0 Å². The standard InChI is InChI=1S/C10H8NO3.CH3.Y/c12-9(13)6-11-5-7-3-1-2-4-8(7)10(11)14;;/h1-4,6H,5H2,(H,12,13);1H3;/q2*-1;. The second-order valence-electron chi connectivity index (χ2n) is 3.06. The minimum absolute atomic E-state index is 0. The van der Waals surface area contributed by atoms with Crippen LogP contribution < -0.4 is 0 Å². The third kappa shape index (κ3) is 2.83. The number of carboxylic acid groups (broad SMARTS) is 1. The van der Waals surface area contributed by atoms with Gasteiger partial charge in [-0.05, 0) is 11.6 Å². The molecule has 4 nitrogen and oxygen atoms in total. The maximum atomic E-state index is 11.6. The van der Waals surface area contributed by atoms with Gasteiger partial charge in [-0.15, -0.1) is 0 Å². The Morgan fingerprint density at radius 1 is 1.38 bits per heavy atom. The molecular formula is C11H11NO3Y-2. The van der Waals surface area contributed by atoms with Crippen LogP contribution in [0, 0.1) is 14.0 Å². The van der Waals surface area contributed by atoms with Crippen LogP contribution in [0.15, 0.2) is 24.3 Å². The number of carbonyl (C=O) groups is 2. The molecule has 0 aliphatic carbocycles. The zero-order chi connectivity index (χ0) is 10.1. The Balaban J connectivity index is 0.00000112. The van der Waals surface area contributed by atoms with Crippen LogP contribution in [0.2, 0.25) is 0 Å². The van der Waals surface area contributed by atoms with Gasteiger partial charge in [-0.1, -0.05) is 18.2 Å². The minimum Gasteiger partial charge on any atom is -0.502 e. The molecule has 0 saturated heterocycles. The molecule has 1 aliphatic rings. The Morgan fingerprint density at radius 3 is 2.56 bits per heavy atom. The fourth-order valence-electron chi connectivity index (χ4n) is 1.51. The quantitative estimate of drug-likeness (QED) is 0.837. The Bertz CT molecular complexity index is 406. The molecule has 0 bridgehead atoms. The summed E-state index contributed by atoms with van der Waals surface area (Å²) in [6, 6.07) is 7.12. The molecule has 1 radical (unpaired) electrons. The summed E-state index contributed by atoms with van der Waals surface area (Å²) in [5.74, 6) is -1.35. The molecule has 0 spiro atoms. The Hall–Kier alpha value is -0.866. The molecule has 1 aromatic carbocycles. The van der Waals surface area contributed by atoms with Crippen LogP contribution in [0.1, 0.15) is 15.9 Å². The number of aliphatic carboxylic acids is 1. The van der Waals surface area contributed by atoms with Crippen molar-refractivity contribution >= 4 is 11.9 Å². The second-order valence-corrected chi connectivity index (χ2v) is 3.06.